The van der Waals surface area contributed by atoms with Crippen LogP contribution in [0, 0.1) is 0 Å². The SMILES string of the molecule is O=C1N(Cc2ccccc2)CC1(O)C1=CC[C@@H](COC(c2ccccc2)(c2ccccc2)c2ccccc2)O1. The van der Waals surface area contributed by atoms with Crippen LogP contribution < -0.4 is 0 Å². The van der Waals surface area contributed by atoms with Gasteiger partial charge in [0.25, 0.3) is 5.91 Å². The van der Waals surface area contributed by atoms with Crippen molar-refractivity contribution in [1.82, 2.24) is 4.90 Å². The summed E-state index contributed by atoms with van der Waals surface area (Å²) in [6.45, 7) is 0.953. The van der Waals surface area contributed by atoms with Crippen molar-refractivity contribution < 1.29 is 19.4 Å². The van der Waals surface area contributed by atoms with Crippen LogP contribution in [0.3, 0.4) is 0 Å². The van der Waals surface area contributed by atoms with Crippen molar-refractivity contribution in [1.29, 1.82) is 0 Å². The Balaban J connectivity index is 1.20. The number of aliphatic hydroxyl groups is 1. The van der Waals surface area contributed by atoms with Crippen LogP contribution in [0.15, 0.2) is 133 Å². The molecule has 5 heteroatoms. The monoisotopic (exact) mass is 517 g/mol. The number of ether oxygens (including phenoxy) is 2. The molecule has 0 bridgehead atoms. The van der Waals surface area contributed by atoms with Crippen molar-refractivity contribution in [3.05, 3.63) is 155 Å². The van der Waals surface area contributed by atoms with E-state index in [0.717, 1.165) is 22.3 Å². The van der Waals surface area contributed by atoms with Gasteiger partial charge in [0, 0.05) is 13.0 Å². The summed E-state index contributed by atoms with van der Waals surface area (Å²) in [6, 6.07) is 40.4. The number of likely N-dealkylation sites (tertiary alicyclic amines) is 1. The Hall–Kier alpha value is -4.19. The molecule has 0 saturated carbocycles. The minimum Gasteiger partial charge on any atom is -0.489 e. The lowest BCUT2D eigenvalue weighted by Gasteiger charge is -2.45. The van der Waals surface area contributed by atoms with Crippen LogP contribution in [0.1, 0.15) is 28.7 Å². The summed E-state index contributed by atoms with van der Waals surface area (Å²) in [7, 11) is 0. The number of hydrogen-bond donors (Lipinski definition) is 1. The van der Waals surface area contributed by atoms with E-state index in [9.17, 15) is 9.90 Å². The van der Waals surface area contributed by atoms with E-state index < -0.39 is 11.2 Å². The number of nitrogens with zero attached hydrogens (tertiary/aromatic N) is 1. The van der Waals surface area contributed by atoms with Crippen LogP contribution in [0.2, 0.25) is 0 Å². The highest BCUT2D eigenvalue weighted by atomic mass is 16.6. The fourth-order valence-corrected chi connectivity index (χ4v) is 5.57. The van der Waals surface area contributed by atoms with Crippen molar-refractivity contribution in [3.8, 4) is 0 Å². The summed E-state index contributed by atoms with van der Waals surface area (Å²) in [5, 5.41) is 11.2. The van der Waals surface area contributed by atoms with E-state index in [1.54, 1.807) is 4.90 Å². The van der Waals surface area contributed by atoms with Crippen LogP contribution in [-0.4, -0.2) is 40.8 Å². The number of carbonyl (C=O) groups is 1. The average Bonchev–Trinajstić information content (AvgIpc) is 3.49. The van der Waals surface area contributed by atoms with Gasteiger partial charge >= 0.3 is 0 Å². The summed E-state index contributed by atoms with van der Waals surface area (Å²) in [6.07, 6.45) is 2.06. The zero-order valence-corrected chi connectivity index (χ0v) is 21.6. The van der Waals surface area contributed by atoms with E-state index >= 15 is 0 Å². The van der Waals surface area contributed by atoms with Crippen molar-refractivity contribution in [3.63, 3.8) is 0 Å². The first-order valence-electron chi connectivity index (χ1n) is 13.3. The van der Waals surface area contributed by atoms with Gasteiger partial charge < -0.3 is 19.5 Å². The van der Waals surface area contributed by atoms with Gasteiger partial charge in [0.2, 0.25) is 5.60 Å². The third-order valence-corrected chi connectivity index (χ3v) is 7.57. The maximum atomic E-state index is 13.0. The smallest absolute Gasteiger partial charge is 0.264 e. The Bertz CT molecular complexity index is 1340. The molecule has 2 atom stereocenters. The molecular formula is C34H31NO4. The zero-order valence-electron chi connectivity index (χ0n) is 21.6. The second-order valence-corrected chi connectivity index (χ2v) is 10.1. The van der Waals surface area contributed by atoms with Crippen molar-refractivity contribution in [2.75, 3.05) is 13.2 Å². The number of amides is 1. The molecule has 6 rings (SSSR count). The van der Waals surface area contributed by atoms with Crippen LogP contribution in [0.4, 0.5) is 0 Å². The number of β-lactam (4-membered cyclic amide) rings is 1. The van der Waals surface area contributed by atoms with E-state index in [0.29, 0.717) is 18.7 Å². The quantitative estimate of drug-likeness (QED) is 0.237. The molecule has 0 aromatic heterocycles. The molecule has 2 aliphatic rings. The number of rotatable bonds is 9. The summed E-state index contributed by atoms with van der Waals surface area (Å²) in [4.78, 5) is 14.6. The summed E-state index contributed by atoms with van der Waals surface area (Å²) in [5.74, 6) is 0.00141. The lowest BCUT2D eigenvalue weighted by atomic mass is 9.80. The highest BCUT2D eigenvalue weighted by Gasteiger charge is 2.56. The predicted octanol–water partition coefficient (Wildman–Crippen LogP) is 5.44. The molecule has 1 fully saturated rings. The molecule has 1 unspecified atom stereocenters. The van der Waals surface area contributed by atoms with Gasteiger partial charge in [0.15, 0.2) is 0 Å². The first kappa shape index (κ1) is 25.1. The predicted molar refractivity (Wildman–Crippen MR) is 150 cm³/mol. The third-order valence-electron chi connectivity index (χ3n) is 7.57. The van der Waals surface area contributed by atoms with Gasteiger partial charge in [-0.3, -0.25) is 4.79 Å². The molecule has 5 nitrogen and oxygen atoms in total. The maximum Gasteiger partial charge on any atom is 0.264 e. The molecule has 1 saturated heterocycles. The molecule has 1 amide bonds. The number of β-amino-alcohol motifs (C(OH)–C–C–N with tert-alkyl or cyclic N) is 1. The molecule has 0 radical (unpaired) electrons. The standard InChI is InChI=1S/C34H31NO4/c36-32-33(37,25-35(32)23-26-13-5-1-6-14-26)31-22-21-30(39-31)24-38-34(27-15-7-2-8-16-27,28-17-9-3-10-18-28)29-19-11-4-12-20-29/h1-20,22,30,37H,21,23-25H2/t30-,33?/m0/s1. The molecule has 4 aromatic carbocycles. The molecule has 2 heterocycles. The lowest BCUT2D eigenvalue weighted by Crippen LogP contribution is -2.67. The highest BCUT2D eigenvalue weighted by Crippen LogP contribution is 2.42. The molecule has 0 spiro atoms. The minimum absolute atomic E-state index is 0.210. The lowest BCUT2D eigenvalue weighted by molar-refractivity contribution is -0.177. The zero-order chi connectivity index (χ0) is 26.7. The number of carbonyl (C=O) groups excluding carboxylic acids is 1. The largest absolute Gasteiger partial charge is 0.489 e. The van der Waals surface area contributed by atoms with Crippen molar-refractivity contribution in [2.24, 2.45) is 0 Å². The Morgan fingerprint density at radius 2 is 1.28 bits per heavy atom. The fraction of sp³-hybridized carbons (Fsp3) is 0.206. The van der Waals surface area contributed by atoms with Crippen LogP contribution >= 0.6 is 0 Å². The van der Waals surface area contributed by atoms with Crippen molar-refractivity contribution >= 4 is 5.91 Å². The first-order valence-corrected chi connectivity index (χ1v) is 13.3. The van der Waals surface area contributed by atoms with Crippen molar-refractivity contribution in [2.45, 2.75) is 30.3 Å². The van der Waals surface area contributed by atoms with E-state index in [-0.39, 0.29) is 25.2 Å². The normalized spacial score (nSPS) is 20.7. The van der Waals surface area contributed by atoms with Gasteiger partial charge in [-0.15, -0.1) is 0 Å². The molecule has 0 aliphatic carbocycles. The molecule has 196 valence electrons. The van der Waals surface area contributed by atoms with Gasteiger partial charge in [-0.1, -0.05) is 121 Å². The summed E-state index contributed by atoms with van der Waals surface area (Å²) >= 11 is 0. The van der Waals surface area contributed by atoms with Gasteiger partial charge in [-0.2, -0.15) is 0 Å². The second-order valence-electron chi connectivity index (χ2n) is 10.1. The average molecular weight is 518 g/mol. The highest BCUT2D eigenvalue weighted by molar-refractivity contribution is 5.94. The summed E-state index contributed by atoms with van der Waals surface area (Å²) in [5.41, 5.74) is 1.60. The molecule has 2 aliphatic heterocycles. The van der Waals surface area contributed by atoms with E-state index in [1.165, 1.54) is 0 Å². The van der Waals surface area contributed by atoms with E-state index in [1.807, 2.05) is 91.0 Å². The third kappa shape index (κ3) is 4.65. The van der Waals surface area contributed by atoms with Gasteiger partial charge in [-0.05, 0) is 28.3 Å². The summed E-state index contributed by atoms with van der Waals surface area (Å²) < 4.78 is 13.1. The molecular weight excluding hydrogens is 486 g/mol. The van der Waals surface area contributed by atoms with E-state index in [2.05, 4.69) is 36.4 Å². The maximum absolute atomic E-state index is 13.0. The van der Waals surface area contributed by atoms with Gasteiger partial charge in [-0.25, -0.2) is 0 Å². The van der Waals surface area contributed by atoms with Crippen LogP contribution in [0.25, 0.3) is 0 Å². The van der Waals surface area contributed by atoms with Gasteiger partial charge in [0.05, 0.1) is 13.2 Å². The van der Waals surface area contributed by atoms with Gasteiger partial charge in [0.1, 0.15) is 17.5 Å². The Morgan fingerprint density at radius 3 is 1.77 bits per heavy atom. The Kier molecular flexibility index (Phi) is 6.77. The Labute approximate surface area is 228 Å². The number of benzene rings is 4. The topological polar surface area (TPSA) is 59.0 Å². The first-order chi connectivity index (χ1) is 19.1. The molecule has 1 N–H and O–H groups in total. The fourth-order valence-electron chi connectivity index (χ4n) is 5.57. The number of hydrogen-bond acceptors (Lipinski definition) is 4. The van der Waals surface area contributed by atoms with Crippen LogP contribution in [0.5, 0.6) is 0 Å². The molecule has 4 aromatic rings. The minimum atomic E-state index is -1.61. The second kappa shape index (κ2) is 10.5. The van der Waals surface area contributed by atoms with E-state index in [4.69, 9.17) is 9.47 Å². The van der Waals surface area contributed by atoms with Crippen LogP contribution in [-0.2, 0) is 26.4 Å². The Morgan fingerprint density at radius 1 is 0.795 bits per heavy atom. The molecule has 39 heavy (non-hydrogen) atoms.